The number of benzene rings is 2. The molecule has 1 aliphatic heterocycles. The molecular weight excluding hydrogens is 388 g/mol. The number of ether oxygens (including phenoxy) is 1. The summed E-state index contributed by atoms with van der Waals surface area (Å²) in [7, 11) is 1.64. The van der Waals surface area contributed by atoms with Crippen LogP contribution in [0.1, 0.15) is 51.1 Å². The van der Waals surface area contributed by atoms with Crippen molar-refractivity contribution in [1.82, 2.24) is 0 Å². The van der Waals surface area contributed by atoms with E-state index in [9.17, 15) is 9.59 Å². The van der Waals surface area contributed by atoms with E-state index >= 15 is 0 Å². The molecule has 2 aliphatic carbocycles. The molecule has 0 bridgehead atoms. The molecule has 1 saturated carbocycles. The summed E-state index contributed by atoms with van der Waals surface area (Å²) in [4.78, 5) is 29.1. The summed E-state index contributed by atoms with van der Waals surface area (Å²) in [6.45, 7) is 4.26. The highest BCUT2D eigenvalue weighted by Crippen LogP contribution is 2.49. The fraction of sp³-hybridized carbons (Fsp3) is 0.385. The SMILES string of the molecule is COc1ccc([C@H]2C3=C(CC(C)(C)CC3=O)Nc3ccccc3N2C(=O)C2CC2)cc1. The van der Waals surface area contributed by atoms with Crippen LogP contribution in [0.2, 0.25) is 0 Å². The van der Waals surface area contributed by atoms with Crippen molar-refractivity contribution in [2.24, 2.45) is 11.3 Å². The topological polar surface area (TPSA) is 58.6 Å². The number of hydrogen-bond acceptors (Lipinski definition) is 4. The Hall–Kier alpha value is -3.08. The summed E-state index contributed by atoms with van der Waals surface area (Å²) >= 11 is 0. The zero-order valence-electron chi connectivity index (χ0n) is 18.3. The Morgan fingerprint density at radius 3 is 2.45 bits per heavy atom. The largest absolute Gasteiger partial charge is 0.497 e. The lowest BCUT2D eigenvalue weighted by Crippen LogP contribution is -2.40. The predicted molar refractivity (Wildman–Crippen MR) is 121 cm³/mol. The molecule has 2 aromatic carbocycles. The summed E-state index contributed by atoms with van der Waals surface area (Å²) in [5.74, 6) is 0.995. The Morgan fingerprint density at radius 1 is 1.06 bits per heavy atom. The van der Waals surface area contributed by atoms with Crippen LogP contribution >= 0.6 is 0 Å². The van der Waals surface area contributed by atoms with E-state index < -0.39 is 6.04 Å². The highest BCUT2D eigenvalue weighted by molar-refractivity contribution is 6.07. The summed E-state index contributed by atoms with van der Waals surface area (Å²) in [5.41, 5.74) is 4.16. The number of Topliss-reactive ketones (excluding diaryl/α,β-unsaturated/α-hetero) is 1. The minimum absolute atomic E-state index is 0.0334. The van der Waals surface area contributed by atoms with Crippen molar-refractivity contribution < 1.29 is 14.3 Å². The molecule has 5 nitrogen and oxygen atoms in total. The lowest BCUT2D eigenvalue weighted by Gasteiger charge is -2.37. The van der Waals surface area contributed by atoms with Crippen LogP contribution in [0.15, 0.2) is 59.8 Å². The second-order valence-electron chi connectivity index (χ2n) is 9.63. The van der Waals surface area contributed by atoms with Gasteiger partial charge in [-0.2, -0.15) is 0 Å². The molecule has 160 valence electrons. The highest BCUT2D eigenvalue weighted by atomic mass is 16.5. The van der Waals surface area contributed by atoms with Crippen LogP contribution in [0.3, 0.4) is 0 Å². The molecule has 0 unspecified atom stereocenters. The Balaban J connectivity index is 1.75. The van der Waals surface area contributed by atoms with Crippen molar-refractivity contribution in [3.05, 3.63) is 65.4 Å². The van der Waals surface area contributed by atoms with E-state index in [0.29, 0.717) is 6.42 Å². The quantitative estimate of drug-likeness (QED) is 0.743. The van der Waals surface area contributed by atoms with Gasteiger partial charge >= 0.3 is 0 Å². The van der Waals surface area contributed by atoms with Gasteiger partial charge in [0.05, 0.1) is 24.5 Å². The minimum Gasteiger partial charge on any atom is -0.497 e. The maximum absolute atomic E-state index is 13.6. The molecule has 0 spiro atoms. The van der Waals surface area contributed by atoms with Crippen molar-refractivity contribution in [3.8, 4) is 5.75 Å². The molecule has 1 N–H and O–H groups in total. The second kappa shape index (κ2) is 7.26. The lowest BCUT2D eigenvalue weighted by molar-refractivity contribution is -0.120. The van der Waals surface area contributed by atoms with Gasteiger partial charge in [0.2, 0.25) is 5.91 Å². The number of methoxy groups -OCH3 is 1. The normalized spacial score (nSPS) is 22.2. The van der Waals surface area contributed by atoms with Gasteiger partial charge in [0.25, 0.3) is 0 Å². The van der Waals surface area contributed by atoms with E-state index in [0.717, 1.165) is 53.2 Å². The van der Waals surface area contributed by atoms with E-state index in [1.54, 1.807) is 7.11 Å². The number of ketones is 1. The summed E-state index contributed by atoms with van der Waals surface area (Å²) in [6, 6.07) is 15.2. The number of nitrogens with zero attached hydrogens (tertiary/aromatic N) is 1. The molecule has 3 aliphatic rings. The van der Waals surface area contributed by atoms with Crippen LogP contribution in [0.25, 0.3) is 0 Å². The Morgan fingerprint density at radius 2 is 1.77 bits per heavy atom. The van der Waals surface area contributed by atoms with Crippen LogP contribution in [-0.4, -0.2) is 18.8 Å². The molecule has 5 rings (SSSR count). The maximum Gasteiger partial charge on any atom is 0.231 e. The molecule has 1 fully saturated rings. The fourth-order valence-electron chi connectivity index (χ4n) is 4.86. The van der Waals surface area contributed by atoms with E-state index in [1.807, 2.05) is 53.4 Å². The van der Waals surface area contributed by atoms with Gasteiger partial charge in [0, 0.05) is 23.6 Å². The van der Waals surface area contributed by atoms with Crippen molar-refractivity contribution in [2.45, 2.75) is 45.6 Å². The van der Waals surface area contributed by atoms with Gasteiger partial charge < -0.3 is 10.1 Å². The molecule has 1 amide bonds. The zero-order valence-corrected chi connectivity index (χ0v) is 18.3. The second-order valence-corrected chi connectivity index (χ2v) is 9.63. The smallest absolute Gasteiger partial charge is 0.231 e. The first-order valence-electron chi connectivity index (χ1n) is 11.0. The number of rotatable bonds is 3. The van der Waals surface area contributed by atoms with Gasteiger partial charge in [0.15, 0.2) is 5.78 Å². The van der Waals surface area contributed by atoms with Gasteiger partial charge in [-0.25, -0.2) is 0 Å². The predicted octanol–water partition coefficient (Wildman–Crippen LogP) is 5.25. The molecule has 2 aromatic rings. The summed E-state index contributed by atoms with van der Waals surface area (Å²) in [5, 5.41) is 3.55. The van der Waals surface area contributed by atoms with Crippen LogP contribution in [0, 0.1) is 11.3 Å². The Bertz CT molecular complexity index is 1080. The average Bonchev–Trinajstić information content (AvgIpc) is 3.58. The number of nitrogens with one attached hydrogen (secondary N) is 1. The third-order valence-corrected chi connectivity index (χ3v) is 6.50. The van der Waals surface area contributed by atoms with Crippen LogP contribution in [-0.2, 0) is 9.59 Å². The Labute approximate surface area is 183 Å². The molecule has 0 radical (unpaired) electrons. The maximum atomic E-state index is 13.6. The van der Waals surface area contributed by atoms with E-state index in [4.69, 9.17) is 4.74 Å². The zero-order chi connectivity index (χ0) is 21.8. The van der Waals surface area contributed by atoms with Crippen molar-refractivity contribution >= 4 is 23.1 Å². The van der Waals surface area contributed by atoms with Crippen molar-refractivity contribution in [1.29, 1.82) is 0 Å². The first kappa shape index (κ1) is 19.9. The van der Waals surface area contributed by atoms with Gasteiger partial charge in [-0.15, -0.1) is 0 Å². The van der Waals surface area contributed by atoms with Gasteiger partial charge in [-0.3, -0.25) is 14.5 Å². The molecule has 1 heterocycles. The third-order valence-electron chi connectivity index (χ3n) is 6.50. The molecular formula is C26H28N2O3. The molecule has 1 atom stereocenters. The molecule has 5 heteroatoms. The number of para-hydroxylation sites is 2. The number of anilines is 2. The summed E-state index contributed by atoms with van der Waals surface area (Å²) in [6.07, 6.45) is 3.06. The van der Waals surface area contributed by atoms with E-state index in [2.05, 4.69) is 19.2 Å². The average molecular weight is 417 g/mol. The first-order chi connectivity index (χ1) is 14.9. The fourth-order valence-corrected chi connectivity index (χ4v) is 4.86. The monoisotopic (exact) mass is 416 g/mol. The third kappa shape index (κ3) is 3.52. The van der Waals surface area contributed by atoms with Crippen LogP contribution in [0.4, 0.5) is 11.4 Å². The van der Waals surface area contributed by atoms with Gasteiger partial charge in [0.1, 0.15) is 5.75 Å². The Kier molecular flexibility index (Phi) is 4.65. The number of hydrogen-bond donors (Lipinski definition) is 1. The van der Waals surface area contributed by atoms with Crippen molar-refractivity contribution in [3.63, 3.8) is 0 Å². The number of fused-ring (bicyclic) bond motifs is 1. The molecule has 0 saturated heterocycles. The molecule has 0 aromatic heterocycles. The molecule has 31 heavy (non-hydrogen) atoms. The highest BCUT2D eigenvalue weighted by Gasteiger charge is 2.45. The summed E-state index contributed by atoms with van der Waals surface area (Å²) < 4.78 is 5.34. The van der Waals surface area contributed by atoms with Crippen molar-refractivity contribution in [2.75, 3.05) is 17.3 Å². The van der Waals surface area contributed by atoms with Crippen LogP contribution < -0.4 is 15.0 Å². The number of carbonyl (C=O) groups is 2. The minimum atomic E-state index is -0.450. The van der Waals surface area contributed by atoms with Gasteiger partial charge in [-0.05, 0) is 54.5 Å². The van der Waals surface area contributed by atoms with Crippen LogP contribution in [0.5, 0.6) is 5.75 Å². The lowest BCUT2D eigenvalue weighted by atomic mass is 9.73. The standard InChI is InChI=1S/C26H28N2O3/c1-26(2)14-20-23(22(29)15-26)24(16-10-12-18(31-3)13-11-16)28(25(30)17-8-9-17)21-7-5-4-6-19(21)27-20/h4-7,10-13,17,24,27H,8-9,14-15H2,1-3H3/t24-/m0/s1. The number of amides is 1. The first-order valence-corrected chi connectivity index (χ1v) is 11.0. The van der Waals surface area contributed by atoms with E-state index in [-0.39, 0.29) is 23.0 Å². The van der Waals surface area contributed by atoms with E-state index in [1.165, 1.54) is 0 Å². The number of allylic oxidation sites excluding steroid dienone is 1. The van der Waals surface area contributed by atoms with Gasteiger partial charge in [-0.1, -0.05) is 38.1 Å². The number of carbonyl (C=O) groups excluding carboxylic acids is 2.